The highest BCUT2D eigenvalue weighted by Crippen LogP contribution is 2.31. The zero-order chi connectivity index (χ0) is 14.5. The van der Waals surface area contributed by atoms with E-state index >= 15 is 0 Å². The Morgan fingerprint density at radius 3 is 2.42 bits per heavy atom. The molecular formula is C16H25NO2. The minimum Gasteiger partial charge on any atom is -0.481 e. The molecule has 19 heavy (non-hydrogen) atoms. The van der Waals surface area contributed by atoms with Gasteiger partial charge in [0.15, 0.2) is 0 Å². The predicted octanol–water partition coefficient (Wildman–Crippen LogP) is 3.68. The van der Waals surface area contributed by atoms with Gasteiger partial charge in [0.25, 0.3) is 0 Å². The first-order valence-corrected chi connectivity index (χ1v) is 6.92. The highest BCUT2D eigenvalue weighted by molar-refractivity contribution is 5.66. The van der Waals surface area contributed by atoms with E-state index in [-0.39, 0.29) is 11.8 Å². The minimum atomic E-state index is -0.722. The number of carboxylic acids is 1. The second-order valence-corrected chi connectivity index (χ2v) is 5.84. The van der Waals surface area contributed by atoms with E-state index in [9.17, 15) is 4.79 Å². The van der Waals surface area contributed by atoms with Gasteiger partial charge >= 0.3 is 5.97 Å². The summed E-state index contributed by atoms with van der Waals surface area (Å²) in [6, 6.07) is 8.40. The second kappa shape index (κ2) is 6.60. The van der Waals surface area contributed by atoms with Gasteiger partial charge in [0.2, 0.25) is 0 Å². The van der Waals surface area contributed by atoms with Crippen LogP contribution in [0, 0.1) is 0 Å². The lowest BCUT2D eigenvalue weighted by atomic mass is 9.85. The first-order valence-electron chi connectivity index (χ1n) is 6.92. The van der Waals surface area contributed by atoms with Crippen molar-refractivity contribution >= 4 is 11.7 Å². The van der Waals surface area contributed by atoms with Crippen LogP contribution in [0.1, 0.15) is 46.1 Å². The second-order valence-electron chi connectivity index (χ2n) is 5.84. The maximum atomic E-state index is 10.6. The monoisotopic (exact) mass is 263 g/mol. The van der Waals surface area contributed by atoms with Crippen molar-refractivity contribution in [1.29, 1.82) is 0 Å². The molecule has 0 spiro atoms. The molecule has 0 aliphatic rings. The fourth-order valence-electron chi connectivity index (χ4n) is 2.25. The standard InChI is InChI=1S/C16H25NO2/c1-5-17(12-8-11-15(18)19)14-10-7-6-9-13(14)16(2,3)4/h6-7,9-10H,5,8,11-12H2,1-4H3,(H,18,19). The van der Waals surface area contributed by atoms with Gasteiger partial charge in [0.1, 0.15) is 0 Å². The van der Waals surface area contributed by atoms with E-state index in [0.29, 0.717) is 6.42 Å². The molecule has 3 heteroatoms. The molecule has 0 heterocycles. The lowest BCUT2D eigenvalue weighted by molar-refractivity contribution is -0.137. The Bertz CT molecular complexity index is 421. The number of carbonyl (C=O) groups is 1. The molecule has 1 rings (SSSR count). The zero-order valence-electron chi connectivity index (χ0n) is 12.4. The van der Waals surface area contributed by atoms with Crippen molar-refractivity contribution in [1.82, 2.24) is 0 Å². The third-order valence-electron chi connectivity index (χ3n) is 3.25. The third kappa shape index (κ3) is 4.58. The van der Waals surface area contributed by atoms with Gasteiger partial charge in [-0.05, 0) is 30.4 Å². The van der Waals surface area contributed by atoms with Gasteiger partial charge in [-0.3, -0.25) is 4.79 Å². The highest BCUT2D eigenvalue weighted by Gasteiger charge is 2.20. The molecular weight excluding hydrogens is 238 g/mol. The maximum absolute atomic E-state index is 10.6. The smallest absolute Gasteiger partial charge is 0.303 e. The number of hydrogen-bond acceptors (Lipinski definition) is 2. The van der Waals surface area contributed by atoms with Gasteiger partial charge in [0.05, 0.1) is 0 Å². The van der Waals surface area contributed by atoms with Gasteiger partial charge in [-0.15, -0.1) is 0 Å². The number of nitrogens with zero attached hydrogens (tertiary/aromatic N) is 1. The van der Waals surface area contributed by atoms with Crippen molar-refractivity contribution in [3.63, 3.8) is 0 Å². The summed E-state index contributed by atoms with van der Waals surface area (Å²) in [6.07, 6.45) is 0.913. The van der Waals surface area contributed by atoms with Crippen molar-refractivity contribution in [2.45, 2.75) is 46.0 Å². The van der Waals surface area contributed by atoms with Crippen LogP contribution in [0.5, 0.6) is 0 Å². The van der Waals surface area contributed by atoms with Crippen LogP contribution < -0.4 is 4.90 Å². The molecule has 1 aromatic carbocycles. The number of benzene rings is 1. The summed E-state index contributed by atoms with van der Waals surface area (Å²) in [5.41, 5.74) is 2.63. The molecule has 0 aliphatic heterocycles. The molecule has 1 aromatic rings. The molecule has 0 aromatic heterocycles. The number of anilines is 1. The number of rotatable bonds is 6. The van der Waals surface area contributed by atoms with E-state index in [1.165, 1.54) is 11.3 Å². The van der Waals surface area contributed by atoms with Crippen LogP contribution in [-0.4, -0.2) is 24.2 Å². The molecule has 106 valence electrons. The summed E-state index contributed by atoms with van der Waals surface area (Å²) >= 11 is 0. The Morgan fingerprint density at radius 1 is 1.26 bits per heavy atom. The Balaban J connectivity index is 2.89. The molecule has 0 aliphatic carbocycles. The van der Waals surface area contributed by atoms with Crippen LogP contribution >= 0.6 is 0 Å². The quantitative estimate of drug-likeness (QED) is 0.851. The number of hydrogen-bond donors (Lipinski definition) is 1. The summed E-state index contributed by atoms with van der Waals surface area (Å²) in [7, 11) is 0. The molecule has 0 bridgehead atoms. The molecule has 0 saturated carbocycles. The normalized spacial score (nSPS) is 11.4. The van der Waals surface area contributed by atoms with E-state index in [1.54, 1.807) is 0 Å². The fourth-order valence-corrected chi connectivity index (χ4v) is 2.25. The largest absolute Gasteiger partial charge is 0.481 e. The minimum absolute atomic E-state index is 0.0941. The topological polar surface area (TPSA) is 40.5 Å². The van der Waals surface area contributed by atoms with Gasteiger partial charge in [-0.2, -0.15) is 0 Å². The van der Waals surface area contributed by atoms with Crippen LogP contribution in [0.2, 0.25) is 0 Å². The third-order valence-corrected chi connectivity index (χ3v) is 3.25. The van der Waals surface area contributed by atoms with Crippen LogP contribution in [-0.2, 0) is 10.2 Å². The number of carboxylic acid groups (broad SMARTS) is 1. The molecule has 0 radical (unpaired) electrons. The van der Waals surface area contributed by atoms with Crippen molar-refractivity contribution in [2.75, 3.05) is 18.0 Å². The molecule has 0 unspecified atom stereocenters. The summed E-state index contributed by atoms with van der Waals surface area (Å²) < 4.78 is 0. The Morgan fingerprint density at radius 2 is 1.89 bits per heavy atom. The van der Waals surface area contributed by atoms with E-state index in [0.717, 1.165) is 13.1 Å². The SMILES string of the molecule is CCN(CCCC(=O)O)c1ccccc1C(C)(C)C. The predicted molar refractivity (Wildman–Crippen MR) is 79.9 cm³/mol. The van der Waals surface area contributed by atoms with Crippen LogP contribution in [0.3, 0.4) is 0 Å². The van der Waals surface area contributed by atoms with Crippen molar-refractivity contribution in [2.24, 2.45) is 0 Å². The summed E-state index contributed by atoms with van der Waals surface area (Å²) in [4.78, 5) is 12.9. The van der Waals surface area contributed by atoms with Crippen LogP contribution in [0.4, 0.5) is 5.69 Å². The fraction of sp³-hybridized carbons (Fsp3) is 0.562. The van der Waals surface area contributed by atoms with Crippen LogP contribution in [0.25, 0.3) is 0 Å². The first kappa shape index (κ1) is 15.5. The van der Waals surface area contributed by atoms with Gasteiger partial charge < -0.3 is 10.0 Å². The molecule has 0 atom stereocenters. The molecule has 0 amide bonds. The average Bonchev–Trinajstić information content (AvgIpc) is 2.33. The first-order chi connectivity index (χ1) is 8.86. The van der Waals surface area contributed by atoms with Crippen LogP contribution in [0.15, 0.2) is 24.3 Å². The Labute approximate surface area is 116 Å². The number of para-hydroxylation sites is 1. The Hall–Kier alpha value is -1.51. The molecule has 0 saturated heterocycles. The molecule has 1 N–H and O–H groups in total. The lowest BCUT2D eigenvalue weighted by Gasteiger charge is -2.30. The van der Waals surface area contributed by atoms with E-state index in [1.807, 2.05) is 6.07 Å². The summed E-state index contributed by atoms with van der Waals surface area (Å²) in [5.74, 6) is -0.722. The van der Waals surface area contributed by atoms with E-state index < -0.39 is 5.97 Å². The van der Waals surface area contributed by atoms with Crippen molar-refractivity contribution in [3.05, 3.63) is 29.8 Å². The average molecular weight is 263 g/mol. The van der Waals surface area contributed by atoms with Crippen molar-refractivity contribution < 1.29 is 9.90 Å². The lowest BCUT2D eigenvalue weighted by Crippen LogP contribution is -2.28. The van der Waals surface area contributed by atoms with Gasteiger partial charge in [-0.25, -0.2) is 0 Å². The van der Waals surface area contributed by atoms with Gasteiger partial charge in [0, 0.05) is 25.2 Å². The van der Waals surface area contributed by atoms with E-state index in [2.05, 4.69) is 50.8 Å². The van der Waals surface area contributed by atoms with Gasteiger partial charge in [-0.1, -0.05) is 39.0 Å². The zero-order valence-corrected chi connectivity index (χ0v) is 12.4. The summed E-state index contributed by atoms with van der Waals surface area (Å²) in [6.45, 7) is 10.4. The van der Waals surface area contributed by atoms with Crippen molar-refractivity contribution in [3.8, 4) is 0 Å². The summed E-state index contributed by atoms with van der Waals surface area (Å²) in [5, 5.41) is 8.73. The number of aliphatic carboxylic acids is 1. The Kier molecular flexibility index (Phi) is 5.40. The highest BCUT2D eigenvalue weighted by atomic mass is 16.4. The van der Waals surface area contributed by atoms with E-state index in [4.69, 9.17) is 5.11 Å². The molecule has 3 nitrogen and oxygen atoms in total. The molecule has 0 fully saturated rings. The maximum Gasteiger partial charge on any atom is 0.303 e.